The number of thioether (sulfide) groups is 1. The number of anilines is 1. The first-order valence-corrected chi connectivity index (χ1v) is 11.9. The summed E-state index contributed by atoms with van der Waals surface area (Å²) in [6.45, 7) is 6.02. The van der Waals surface area contributed by atoms with Crippen LogP contribution in [0.15, 0.2) is 60.3 Å². The van der Waals surface area contributed by atoms with Crippen LogP contribution in [-0.2, 0) is 11.3 Å². The average molecular weight is 520 g/mol. The molecule has 0 saturated carbocycles. The summed E-state index contributed by atoms with van der Waals surface area (Å²) in [6, 6.07) is 11.2. The van der Waals surface area contributed by atoms with Gasteiger partial charge in [-0.25, -0.2) is 0 Å². The Balaban J connectivity index is 1.65. The van der Waals surface area contributed by atoms with Crippen molar-refractivity contribution < 1.29 is 14.3 Å². The van der Waals surface area contributed by atoms with Crippen LogP contribution in [0.25, 0.3) is 0 Å². The molecular weight excluding hydrogens is 497 g/mol. The van der Waals surface area contributed by atoms with Gasteiger partial charge in [0.1, 0.15) is 5.75 Å². The molecule has 0 radical (unpaired) electrons. The Morgan fingerprint density at radius 2 is 1.91 bits per heavy atom. The van der Waals surface area contributed by atoms with Gasteiger partial charge in [-0.2, -0.15) is 0 Å². The number of aromatic nitrogens is 3. The normalized spacial score (nSPS) is 11.5. The summed E-state index contributed by atoms with van der Waals surface area (Å²) in [7, 11) is 1.57. The van der Waals surface area contributed by atoms with E-state index in [9.17, 15) is 9.59 Å². The van der Waals surface area contributed by atoms with Crippen molar-refractivity contribution in [3.8, 4) is 5.75 Å². The highest BCUT2D eigenvalue weighted by atomic mass is 35.5. The molecular formula is C23H23Cl2N5O3S. The smallest absolute Gasteiger partial charge is 0.251 e. The third-order valence-corrected chi connectivity index (χ3v) is 6.39. The third kappa shape index (κ3) is 6.53. The fraction of sp³-hybridized carbons (Fsp3) is 0.217. The van der Waals surface area contributed by atoms with Gasteiger partial charge in [0.2, 0.25) is 5.91 Å². The molecule has 0 saturated heterocycles. The van der Waals surface area contributed by atoms with Gasteiger partial charge in [0.15, 0.2) is 11.0 Å². The lowest BCUT2D eigenvalue weighted by atomic mass is 10.2. The topological polar surface area (TPSA) is 98.1 Å². The van der Waals surface area contributed by atoms with E-state index in [1.165, 1.54) is 11.8 Å². The summed E-state index contributed by atoms with van der Waals surface area (Å²) in [5, 5.41) is 15.4. The van der Waals surface area contributed by atoms with Crippen LogP contribution in [0, 0.1) is 0 Å². The van der Waals surface area contributed by atoms with Gasteiger partial charge >= 0.3 is 0 Å². The minimum absolute atomic E-state index is 0.0993. The Bertz CT molecular complexity index is 1180. The average Bonchev–Trinajstić information content (AvgIpc) is 3.23. The molecule has 0 unspecified atom stereocenters. The number of amides is 2. The molecule has 0 bridgehead atoms. The van der Waals surface area contributed by atoms with E-state index in [1.807, 2.05) is 11.5 Å². The minimum atomic E-state index is -0.429. The van der Waals surface area contributed by atoms with Crippen LogP contribution in [0.2, 0.25) is 10.0 Å². The standard InChI is InChI=1S/C23H23Cl2N5O3S/c1-4-11-30-21(14(2)26-22(32)15-5-8-17(33-3)9-6-15)28-29-23(30)34-13-20(31)27-16-7-10-18(24)19(25)12-16/h4-10,12,14H,1,11,13H2,2-3H3,(H,26,32)(H,27,31)/t14-/m0/s1. The van der Waals surface area contributed by atoms with Gasteiger partial charge in [-0.1, -0.05) is 41.0 Å². The molecule has 0 spiro atoms. The van der Waals surface area contributed by atoms with Gasteiger partial charge in [0.25, 0.3) is 5.91 Å². The molecule has 1 heterocycles. The second kappa shape index (κ2) is 11.9. The van der Waals surface area contributed by atoms with Crippen LogP contribution >= 0.6 is 35.0 Å². The third-order valence-electron chi connectivity index (χ3n) is 4.68. The zero-order valence-corrected chi connectivity index (χ0v) is 20.9. The van der Waals surface area contributed by atoms with Crippen LogP contribution in [0.1, 0.15) is 29.1 Å². The van der Waals surface area contributed by atoms with Crippen molar-refractivity contribution in [1.29, 1.82) is 0 Å². The molecule has 2 amide bonds. The van der Waals surface area contributed by atoms with Gasteiger partial charge in [0.05, 0.1) is 28.9 Å². The molecule has 34 heavy (non-hydrogen) atoms. The molecule has 0 aliphatic carbocycles. The number of nitrogens with one attached hydrogen (secondary N) is 2. The second-order valence-electron chi connectivity index (χ2n) is 7.13. The molecule has 178 valence electrons. The Labute approximate surface area is 211 Å². The maximum atomic E-state index is 12.6. The summed E-state index contributed by atoms with van der Waals surface area (Å²) >= 11 is 13.1. The van der Waals surface area contributed by atoms with Crippen molar-refractivity contribution in [1.82, 2.24) is 20.1 Å². The minimum Gasteiger partial charge on any atom is -0.497 e. The van der Waals surface area contributed by atoms with E-state index in [-0.39, 0.29) is 17.6 Å². The van der Waals surface area contributed by atoms with Gasteiger partial charge in [0, 0.05) is 17.8 Å². The number of hydrogen-bond donors (Lipinski definition) is 2. The van der Waals surface area contributed by atoms with E-state index < -0.39 is 6.04 Å². The van der Waals surface area contributed by atoms with Crippen molar-refractivity contribution in [2.45, 2.75) is 24.7 Å². The highest BCUT2D eigenvalue weighted by Gasteiger charge is 2.20. The second-order valence-corrected chi connectivity index (χ2v) is 8.89. The van der Waals surface area contributed by atoms with E-state index in [1.54, 1.807) is 55.7 Å². The predicted octanol–water partition coefficient (Wildman–Crippen LogP) is 5.00. The molecule has 2 N–H and O–H groups in total. The maximum Gasteiger partial charge on any atom is 0.251 e. The van der Waals surface area contributed by atoms with E-state index in [0.29, 0.717) is 44.6 Å². The number of allylic oxidation sites excluding steroid dienone is 1. The number of ether oxygens (including phenoxy) is 1. The zero-order chi connectivity index (χ0) is 24.7. The first-order chi connectivity index (χ1) is 16.3. The lowest BCUT2D eigenvalue weighted by Gasteiger charge is -2.15. The molecule has 3 aromatic rings. The molecule has 0 fully saturated rings. The molecule has 2 aromatic carbocycles. The predicted molar refractivity (Wildman–Crippen MR) is 135 cm³/mol. The first kappa shape index (κ1) is 25.6. The Morgan fingerprint density at radius 1 is 1.18 bits per heavy atom. The van der Waals surface area contributed by atoms with Crippen molar-refractivity contribution in [3.63, 3.8) is 0 Å². The van der Waals surface area contributed by atoms with Gasteiger partial charge in [-0.3, -0.25) is 9.59 Å². The van der Waals surface area contributed by atoms with E-state index in [2.05, 4.69) is 27.4 Å². The van der Waals surface area contributed by atoms with Crippen LogP contribution in [0.3, 0.4) is 0 Å². The quantitative estimate of drug-likeness (QED) is 0.288. The number of nitrogens with zero attached hydrogens (tertiary/aromatic N) is 3. The summed E-state index contributed by atoms with van der Waals surface area (Å²) in [6.07, 6.45) is 1.70. The summed E-state index contributed by atoms with van der Waals surface area (Å²) in [4.78, 5) is 25.0. The maximum absolute atomic E-state index is 12.6. The molecule has 3 rings (SSSR count). The Hall–Kier alpha value is -3.01. The van der Waals surface area contributed by atoms with Gasteiger partial charge < -0.3 is 19.9 Å². The monoisotopic (exact) mass is 519 g/mol. The Morgan fingerprint density at radius 3 is 2.56 bits per heavy atom. The highest BCUT2D eigenvalue weighted by molar-refractivity contribution is 7.99. The van der Waals surface area contributed by atoms with Crippen LogP contribution in [0.5, 0.6) is 5.75 Å². The number of benzene rings is 2. The zero-order valence-electron chi connectivity index (χ0n) is 18.5. The van der Waals surface area contributed by atoms with Crippen LogP contribution in [-0.4, -0.2) is 39.4 Å². The molecule has 0 aliphatic heterocycles. The molecule has 1 atom stereocenters. The van der Waals surface area contributed by atoms with Crippen molar-refractivity contribution in [2.24, 2.45) is 0 Å². The Kier molecular flexibility index (Phi) is 8.98. The molecule has 8 nitrogen and oxygen atoms in total. The van der Waals surface area contributed by atoms with Crippen molar-refractivity contribution in [3.05, 3.63) is 76.6 Å². The SMILES string of the molecule is C=CCn1c(SCC(=O)Nc2ccc(Cl)c(Cl)c2)nnc1[C@H](C)NC(=O)c1ccc(OC)cc1. The van der Waals surface area contributed by atoms with Crippen molar-refractivity contribution in [2.75, 3.05) is 18.2 Å². The van der Waals surface area contributed by atoms with E-state index in [4.69, 9.17) is 27.9 Å². The number of hydrogen-bond acceptors (Lipinski definition) is 6. The number of methoxy groups -OCH3 is 1. The molecule has 1 aromatic heterocycles. The number of halogens is 2. The van der Waals surface area contributed by atoms with Gasteiger partial charge in [-0.15, -0.1) is 16.8 Å². The van der Waals surface area contributed by atoms with Gasteiger partial charge in [-0.05, 0) is 49.4 Å². The summed E-state index contributed by atoms with van der Waals surface area (Å²) in [5.74, 6) is 0.828. The number of rotatable bonds is 10. The lowest BCUT2D eigenvalue weighted by Crippen LogP contribution is -2.28. The van der Waals surface area contributed by atoms with Crippen LogP contribution in [0.4, 0.5) is 5.69 Å². The molecule has 11 heteroatoms. The van der Waals surface area contributed by atoms with E-state index in [0.717, 1.165) is 0 Å². The summed E-state index contributed by atoms with van der Waals surface area (Å²) in [5.41, 5.74) is 1.04. The fourth-order valence-corrected chi connectivity index (χ4v) is 4.07. The number of carbonyl (C=O) groups is 2. The lowest BCUT2D eigenvalue weighted by molar-refractivity contribution is -0.113. The highest BCUT2D eigenvalue weighted by Crippen LogP contribution is 2.26. The molecule has 0 aliphatic rings. The first-order valence-electron chi connectivity index (χ1n) is 10.2. The number of carbonyl (C=O) groups excluding carboxylic acids is 2. The van der Waals surface area contributed by atoms with E-state index >= 15 is 0 Å². The fourth-order valence-electron chi connectivity index (χ4n) is 3.02. The van der Waals surface area contributed by atoms with Crippen molar-refractivity contribution >= 4 is 52.5 Å². The summed E-state index contributed by atoms with van der Waals surface area (Å²) < 4.78 is 6.93. The largest absolute Gasteiger partial charge is 0.497 e. The van der Waals surface area contributed by atoms with Crippen LogP contribution < -0.4 is 15.4 Å².